The summed E-state index contributed by atoms with van der Waals surface area (Å²) >= 11 is 0. The Labute approximate surface area is 142 Å². The van der Waals surface area contributed by atoms with Crippen LogP contribution in [0.1, 0.15) is 35.3 Å². The number of carbonyl (C=O) groups is 1. The first-order valence-corrected chi connectivity index (χ1v) is 9.08. The molecule has 0 spiro atoms. The number of benzene rings is 1. The van der Waals surface area contributed by atoms with Gasteiger partial charge in [-0.25, -0.2) is 13.1 Å². The first-order chi connectivity index (χ1) is 11.3. The normalized spacial score (nSPS) is 11.5. The lowest BCUT2D eigenvalue weighted by Gasteiger charge is -2.12. The average molecular weight is 347 g/mol. The largest absolute Gasteiger partial charge is 0.350 e. The van der Waals surface area contributed by atoms with Gasteiger partial charge in [-0.15, -0.1) is 0 Å². The number of amides is 1. The molecule has 0 radical (unpaired) electrons. The van der Waals surface area contributed by atoms with Crippen molar-refractivity contribution in [2.24, 2.45) is 0 Å². The number of sulfonamides is 1. The summed E-state index contributed by atoms with van der Waals surface area (Å²) in [5.41, 5.74) is 1.88. The van der Waals surface area contributed by atoms with Crippen LogP contribution in [0.4, 0.5) is 0 Å². The molecule has 0 aliphatic heterocycles. The highest BCUT2D eigenvalue weighted by Crippen LogP contribution is 2.16. The maximum Gasteiger partial charge on any atom is 0.251 e. The number of hydrogen-bond donors (Lipinski definition) is 2. The molecule has 1 heterocycles. The first kappa shape index (κ1) is 18.1. The Kier molecular flexibility index (Phi) is 5.69. The molecule has 2 N–H and O–H groups in total. The van der Waals surface area contributed by atoms with Gasteiger partial charge < -0.3 is 5.32 Å². The highest BCUT2D eigenvalue weighted by atomic mass is 32.2. The van der Waals surface area contributed by atoms with Crippen LogP contribution in [0.25, 0.3) is 0 Å². The van der Waals surface area contributed by atoms with Crippen LogP contribution in [0.3, 0.4) is 0 Å². The Morgan fingerprint density at radius 2 is 1.83 bits per heavy atom. The summed E-state index contributed by atoms with van der Waals surface area (Å²) in [6.45, 7) is 5.64. The van der Waals surface area contributed by atoms with Crippen LogP contribution in [0.5, 0.6) is 0 Å². The van der Waals surface area contributed by atoms with E-state index in [0.29, 0.717) is 5.56 Å². The average Bonchev–Trinajstić information content (AvgIpc) is 2.53. The van der Waals surface area contributed by atoms with Gasteiger partial charge in [0.1, 0.15) is 0 Å². The molecule has 6 nitrogen and oxygen atoms in total. The number of nitrogens with zero attached hydrogens (tertiary/aromatic N) is 1. The van der Waals surface area contributed by atoms with Crippen LogP contribution < -0.4 is 10.0 Å². The summed E-state index contributed by atoms with van der Waals surface area (Å²) in [6, 6.07) is 7.98. The number of nitrogens with one attached hydrogen (secondary N) is 2. The quantitative estimate of drug-likeness (QED) is 0.837. The maximum absolute atomic E-state index is 12.5. The second-order valence-corrected chi connectivity index (χ2v) is 7.55. The standard InChI is InChI=1S/C17H21N3O3S/c1-12(2)20-17(21)16-10-15(5-4-13(16)3)24(22,23)19-11-14-6-8-18-9-7-14/h4-10,12,19H,11H2,1-3H3,(H,20,21). The van der Waals surface area contributed by atoms with E-state index in [1.807, 2.05) is 13.8 Å². The fourth-order valence-corrected chi connectivity index (χ4v) is 3.16. The zero-order chi connectivity index (χ0) is 17.7. The van der Waals surface area contributed by atoms with Gasteiger partial charge in [0.25, 0.3) is 5.91 Å². The molecular weight excluding hydrogens is 326 g/mol. The summed E-state index contributed by atoms with van der Waals surface area (Å²) in [6.07, 6.45) is 3.20. The molecule has 0 aliphatic carbocycles. The van der Waals surface area contributed by atoms with Crippen LogP contribution in [0.2, 0.25) is 0 Å². The van der Waals surface area contributed by atoms with Crippen molar-refractivity contribution in [3.8, 4) is 0 Å². The van der Waals surface area contributed by atoms with Gasteiger partial charge in [0.2, 0.25) is 10.0 Å². The molecule has 0 saturated carbocycles. The first-order valence-electron chi connectivity index (χ1n) is 7.59. The van der Waals surface area contributed by atoms with E-state index in [0.717, 1.165) is 11.1 Å². The lowest BCUT2D eigenvalue weighted by molar-refractivity contribution is 0.0942. The van der Waals surface area contributed by atoms with E-state index in [4.69, 9.17) is 0 Å². The highest BCUT2D eigenvalue weighted by Gasteiger charge is 2.18. The third-order valence-corrected chi connectivity index (χ3v) is 4.80. The molecule has 0 saturated heterocycles. The molecule has 2 rings (SSSR count). The van der Waals surface area contributed by atoms with Gasteiger partial charge in [0.15, 0.2) is 0 Å². The maximum atomic E-state index is 12.5. The predicted octanol–water partition coefficient (Wildman–Crippen LogP) is 2.01. The molecule has 2 aromatic rings. The summed E-state index contributed by atoms with van der Waals surface area (Å²) in [5.74, 6) is -0.284. The van der Waals surface area contributed by atoms with E-state index in [9.17, 15) is 13.2 Å². The van der Waals surface area contributed by atoms with Gasteiger partial charge >= 0.3 is 0 Å². The van der Waals surface area contributed by atoms with Crippen LogP contribution in [0.15, 0.2) is 47.6 Å². The monoisotopic (exact) mass is 347 g/mol. The zero-order valence-corrected chi connectivity index (χ0v) is 14.7. The van der Waals surface area contributed by atoms with Crippen molar-refractivity contribution in [3.63, 3.8) is 0 Å². The molecule has 0 bridgehead atoms. The third kappa shape index (κ3) is 4.62. The van der Waals surface area contributed by atoms with Crippen molar-refractivity contribution in [2.45, 2.75) is 38.3 Å². The summed E-state index contributed by atoms with van der Waals surface area (Å²) in [4.78, 5) is 16.2. The molecule has 7 heteroatoms. The van der Waals surface area contributed by atoms with Crippen molar-refractivity contribution in [1.29, 1.82) is 0 Å². The minimum absolute atomic E-state index is 0.0259. The Bertz CT molecular complexity index is 818. The molecule has 0 fully saturated rings. The minimum Gasteiger partial charge on any atom is -0.350 e. The Morgan fingerprint density at radius 3 is 2.46 bits per heavy atom. The Morgan fingerprint density at radius 1 is 1.17 bits per heavy atom. The number of pyridine rings is 1. The molecular formula is C17H21N3O3S. The van der Waals surface area contributed by atoms with Gasteiger partial charge in [-0.2, -0.15) is 0 Å². The van der Waals surface area contributed by atoms with E-state index >= 15 is 0 Å². The zero-order valence-electron chi connectivity index (χ0n) is 13.9. The van der Waals surface area contributed by atoms with Crippen LogP contribution in [-0.4, -0.2) is 25.4 Å². The van der Waals surface area contributed by atoms with Crippen molar-refractivity contribution in [2.75, 3.05) is 0 Å². The van der Waals surface area contributed by atoms with Gasteiger partial charge in [-0.05, 0) is 56.2 Å². The highest BCUT2D eigenvalue weighted by molar-refractivity contribution is 7.89. The second-order valence-electron chi connectivity index (χ2n) is 5.78. The van der Waals surface area contributed by atoms with E-state index in [2.05, 4.69) is 15.0 Å². The van der Waals surface area contributed by atoms with Crippen molar-refractivity contribution in [1.82, 2.24) is 15.0 Å². The minimum atomic E-state index is -3.71. The van der Waals surface area contributed by atoms with Crippen LogP contribution >= 0.6 is 0 Å². The molecule has 0 aliphatic rings. The number of rotatable bonds is 6. The molecule has 128 valence electrons. The summed E-state index contributed by atoms with van der Waals surface area (Å²) in [5, 5.41) is 2.78. The van der Waals surface area contributed by atoms with Crippen molar-refractivity contribution >= 4 is 15.9 Å². The Balaban J connectivity index is 2.22. The fraction of sp³-hybridized carbons (Fsp3) is 0.294. The van der Waals surface area contributed by atoms with Crippen molar-refractivity contribution in [3.05, 3.63) is 59.4 Å². The van der Waals surface area contributed by atoms with E-state index in [1.165, 1.54) is 12.1 Å². The molecule has 0 atom stereocenters. The third-order valence-electron chi connectivity index (χ3n) is 3.40. The second kappa shape index (κ2) is 7.55. The summed E-state index contributed by atoms with van der Waals surface area (Å²) < 4.78 is 27.4. The smallest absolute Gasteiger partial charge is 0.251 e. The Hall–Kier alpha value is -2.25. The number of aryl methyl sites for hydroxylation is 1. The van der Waals surface area contributed by atoms with Gasteiger partial charge in [0.05, 0.1) is 4.90 Å². The van der Waals surface area contributed by atoms with Gasteiger partial charge in [-0.1, -0.05) is 6.07 Å². The predicted molar refractivity (Wildman–Crippen MR) is 92.0 cm³/mol. The van der Waals surface area contributed by atoms with Crippen molar-refractivity contribution < 1.29 is 13.2 Å². The SMILES string of the molecule is Cc1ccc(S(=O)(=O)NCc2ccncc2)cc1C(=O)NC(C)C. The topological polar surface area (TPSA) is 88.2 Å². The van der Waals surface area contributed by atoms with Crippen LogP contribution in [-0.2, 0) is 16.6 Å². The van der Waals surface area contributed by atoms with E-state index in [1.54, 1.807) is 37.5 Å². The van der Waals surface area contributed by atoms with Gasteiger partial charge in [-0.3, -0.25) is 9.78 Å². The lowest BCUT2D eigenvalue weighted by atomic mass is 10.1. The van der Waals surface area contributed by atoms with Gasteiger partial charge in [0, 0.05) is 30.5 Å². The molecule has 1 aromatic carbocycles. The van der Waals surface area contributed by atoms with E-state index in [-0.39, 0.29) is 23.4 Å². The van der Waals surface area contributed by atoms with E-state index < -0.39 is 10.0 Å². The molecule has 0 unspecified atom stereocenters. The lowest BCUT2D eigenvalue weighted by Crippen LogP contribution is -2.31. The fourth-order valence-electron chi connectivity index (χ4n) is 2.12. The number of carbonyl (C=O) groups excluding carboxylic acids is 1. The molecule has 1 aromatic heterocycles. The molecule has 24 heavy (non-hydrogen) atoms. The number of aromatic nitrogens is 1. The summed E-state index contributed by atoms with van der Waals surface area (Å²) in [7, 11) is -3.71. The molecule has 1 amide bonds. The number of hydrogen-bond acceptors (Lipinski definition) is 4. The van der Waals surface area contributed by atoms with Crippen LogP contribution in [0, 0.1) is 6.92 Å².